The maximum atomic E-state index is 4.47. The smallest absolute Gasteiger partial charge is 0.0764 e. The van der Waals surface area contributed by atoms with Crippen LogP contribution < -0.4 is 5.32 Å². The van der Waals surface area contributed by atoms with Crippen LogP contribution in [0.3, 0.4) is 0 Å². The molecule has 21 heavy (non-hydrogen) atoms. The average Bonchev–Trinajstić information content (AvgIpc) is 2.77. The molecule has 1 atom stereocenters. The number of hydrogen-bond donors (Lipinski definition) is 1. The third-order valence-corrected chi connectivity index (χ3v) is 4.45. The summed E-state index contributed by atoms with van der Waals surface area (Å²) >= 11 is 3.67. The van der Waals surface area contributed by atoms with E-state index in [1.165, 1.54) is 27.9 Å². The standard InChI is InChI=1S/C17H24BrN3/c1-6-19-16(17-14(18)10-20-21(17)7-2)15-12(4)8-11(3)9-13(15)5/h8-10,16,19H,6-7H2,1-5H3. The molecule has 1 aromatic heterocycles. The largest absolute Gasteiger partial charge is 0.305 e. The molecule has 0 amide bonds. The van der Waals surface area contributed by atoms with Crippen LogP contribution in [0.15, 0.2) is 22.8 Å². The Morgan fingerprint density at radius 1 is 1.19 bits per heavy atom. The number of rotatable bonds is 5. The minimum absolute atomic E-state index is 0.160. The van der Waals surface area contributed by atoms with Crippen molar-refractivity contribution < 1.29 is 0 Å². The summed E-state index contributed by atoms with van der Waals surface area (Å²) in [5.41, 5.74) is 6.53. The van der Waals surface area contributed by atoms with E-state index in [1.54, 1.807) is 0 Å². The van der Waals surface area contributed by atoms with Gasteiger partial charge >= 0.3 is 0 Å². The van der Waals surface area contributed by atoms with Gasteiger partial charge in [0.1, 0.15) is 0 Å². The van der Waals surface area contributed by atoms with Crippen molar-refractivity contribution in [2.75, 3.05) is 6.54 Å². The molecule has 0 radical (unpaired) electrons. The van der Waals surface area contributed by atoms with Gasteiger partial charge in [0, 0.05) is 6.54 Å². The molecule has 0 spiro atoms. The van der Waals surface area contributed by atoms with Crippen LogP contribution in [0.2, 0.25) is 0 Å². The van der Waals surface area contributed by atoms with Crippen molar-refractivity contribution in [3.05, 3.63) is 50.8 Å². The molecule has 2 aromatic rings. The molecule has 1 aromatic carbocycles. The third-order valence-electron chi connectivity index (χ3n) is 3.84. The van der Waals surface area contributed by atoms with Crippen molar-refractivity contribution in [2.45, 2.75) is 47.2 Å². The maximum absolute atomic E-state index is 4.47. The molecule has 0 saturated heterocycles. The van der Waals surface area contributed by atoms with Gasteiger partial charge in [0.2, 0.25) is 0 Å². The molecule has 114 valence electrons. The predicted molar refractivity (Wildman–Crippen MR) is 91.8 cm³/mol. The summed E-state index contributed by atoms with van der Waals surface area (Å²) in [6, 6.07) is 4.67. The maximum Gasteiger partial charge on any atom is 0.0764 e. The molecular weight excluding hydrogens is 326 g/mol. The van der Waals surface area contributed by atoms with Crippen LogP contribution in [0.1, 0.15) is 47.8 Å². The van der Waals surface area contributed by atoms with Crippen molar-refractivity contribution in [3.63, 3.8) is 0 Å². The predicted octanol–water partition coefficient (Wildman–Crippen LogP) is 4.29. The Bertz CT molecular complexity index is 608. The van der Waals surface area contributed by atoms with Crippen LogP contribution in [-0.2, 0) is 6.54 Å². The first-order chi connectivity index (χ1) is 9.99. The van der Waals surface area contributed by atoms with Crippen LogP contribution >= 0.6 is 15.9 Å². The van der Waals surface area contributed by atoms with E-state index < -0.39 is 0 Å². The zero-order chi connectivity index (χ0) is 15.6. The Hall–Kier alpha value is -1.13. The van der Waals surface area contributed by atoms with E-state index in [4.69, 9.17) is 0 Å². The Morgan fingerprint density at radius 2 is 1.81 bits per heavy atom. The van der Waals surface area contributed by atoms with E-state index in [1.807, 2.05) is 6.20 Å². The third kappa shape index (κ3) is 3.22. The van der Waals surface area contributed by atoms with Gasteiger partial charge in [-0.25, -0.2) is 0 Å². The van der Waals surface area contributed by atoms with Gasteiger partial charge in [0.05, 0.1) is 22.4 Å². The topological polar surface area (TPSA) is 29.9 Å². The Kier molecular flexibility index (Phi) is 5.22. The number of benzene rings is 1. The lowest BCUT2D eigenvalue weighted by Gasteiger charge is -2.24. The Morgan fingerprint density at radius 3 is 2.33 bits per heavy atom. The van der Waals surface area contributed by atoms with Crippen molar-refractivity contribution in [3.8, 4) is 0 Å². The second-order valence-electron chi connectivity index (χ2n) is 5.50. The molecule has 2 rings (SSSR count). The highest BCUT2D eigenvalue weighted by molar-refractivity contribution is 9.10. The van der Waals surface area contributed by atoms with Crippen molar-refractivity contribution >= 4 is 15.9 Å². The highest BCUT2D eigenvalue weighted by Gasteiger charge is 2.23. The molecular formula is C17H24BrN3. The molecule has 3 nitrogen and oxygen atoms in total. The number of halogens is 1. The van der Waals surface area contributed by atoms with Crippen LogP contribution in [0, 0.1) is 20.8 Å². The van der Waals surface area contributed by atoms with Crippen molar-refractivity contribution in [1.29, 1.82) is 0 Å². The summed E-state index contributed by atoms with van der Waals surface area (Å²) in [6.45, 7) is 12.6. The molecule has 4 heteroatoms. The summed E-state index contributed by atoms with van der Waals surface area (Å²) in [5, 5.41) is 8.10. The molecule has 0 bridgehead atoms. The summed E-state index contributed by atoms with van der Waals surface area (Å²) < 4.78 is 3.13. The lowest BCUT2D eigenvalue weighted by molar-refractivity contribution is 0.538. The second kappa shape index (κ2) is 6.75. The van der Waals surface area contributed by atoms with Gasteiger partial charge in [-0.3, -0.25) is 4.68 Å². The lowest BCUT2D eigenvalue weighted by atomic mass is 9.92. The molecule has 0 aliphatic carbocycles. The molecule has 1 N–H and O–H groups in total. The summed E-state index contributed by atoms with van der Waals surface area (Å²) in [6.07, 6.45) is 1.89. The number of nitrogens with zero attached hydrogens (tertiary/aromatic N) is 2. The van der Waals surface area contributed by atoms with Crippen LogP contribution in [0.25, 0.3) is 0 Å². The van der Waals surface area contributed by atoms with E-state index in [9.17, 15) is 0 Å². The molecule has 0 fully saturated rings. The Labute approximate surface area is 135 Å². The molecule has 0 saturated carbocycles. The van der Waals surface area contributed by atoms with Crippen molar-refractivity contribution in [2.24, 2.45) is 0 Å². The monoisotopic (exact) mass is 349 g/mol. The Balaban J connectivity index is 2.62. The molecule has 1 unspecified atom stereocenters. The van der Waals surface area contributed by atoms with E-state index in [-0.39, 0.29) is 6.04 Å². The normalized spacial score (nSPS) is 12.7. The number of aryl methyl sites for hydroxylation is 4. The van der Waals surface area contributed by atoms with E-state index in [0.29, 0.717) is 0 Å². The fourth-order valence-corrected chi connectivity index (χ4v) is 3.62. The molecule has 1 heterocycles. The summed E-state index contributed by atoms with van der Waals surface area (Å²) in [7, 11) is 0. The van der Waals surface area contributed by atoms with Gasteiger partial charge in [-0.15, -0.1) is 0 Å². The average molecular weight is 350 g/mol. The zero-order valence-electron chi connectivity index (χ0n) is 13.5. The minimum Gasteiger partial charge on any atom is -0.305 e. The SMILES string of the molecule is CCNC(c1c(C)cc(C)cc1C)c1c(Br)cnn1CC. The van der Waals surface area contributed by atoms with Crippen LogP contribution in [0.5, 0.6) is 0 Å². The van der Waals surface area contributed by atoms with Gasteiger partial charge in [0.25, 0.3) is 0 Å². The molecule has 0 aliphatic rings. The zero-order valence-corrected chi connectivity index (χ0v) is 15.1. The second-order valence-corrected chi connectivity index (χ2v) is 6.35. The van der Waals surface area contributed by atoms with Gasteiger partial charge in [-0.05, 0) is 66.9 Å². The number of hydrogen-bond acceptors (Lipinski definition) is 2. The first-order valence-electron chi connectivity index (χ1n) is 7.51. The van der Waals surface area contributed by atoms with Gasteiger partial charge in [-0.2, -0.15) is 5.10 Å². The van der Waals surface area contributed by atoms with Crippen LogP contribution in [0.4, 0.5) is 0 Å². The quantitative estimate of drug-likeness (QED) is 0.872. The highest BCUT2D eigenvalue weighted by Crippen LogP contribution is 2.32. The summed E-state index contributed by atoms with van der Waals surface area (Å²) in [5.74, 6) is 0. The van der Waals surface area contributed by atoms with Gasteiger partial charge in [0.15, 0.2) is 0 Å². The number of nitrogens with one attached hydrogen (secondary N) is 1. The number of aromatic nitrogens is 2. The van der Waals surface area contributed by atoms with E-state index >= 15 is 0 Å². The molecule has 0 aliphatic heterocycles. The first-order valence-corrected chi connectivity index (χ1v) is 8.31. The van der Waals surface area contributed by atoms with E-state index in [2.05, 4.69) is 77.8 Å². The van der Waals surface area contributed by atoms with Gasteiger partial charge < -0.3 is 5.32 Å². The highest BCUT2D eigenvalue weighted by atomic mass is 79.9. The lowest BCUT2D eigenvalue weighted by Crippen LogP contribution is -2.26. The van der Waals surface area contributed by atoms with Gasteiger partial charge in [-0.1, -0.05) is 24.6 Å². The van der Waals surface area contributed by atoms with Crippen molar-refractivity contribution in [1.82, 2.24) is 15.1 Å². The minimum atomic E-state index is 0.160. The summed E-state index contributed by atoms with van der Waals surface area (Å²) in [4.78, 5) is 0. The fraction of sp³-hybridized carbons (Fsp3) is 0.471. The van der Waals surface area contributed by atoms with E-state index in [0.717, 1.165) is 17.6 Å². The fourth-order valence-electron chi connectivity index (χ4n) is 3.10. The first kappa shape index (κ1) is 16.2. The van der Waals surface area contributed by atoms with Crippen LogP contribution in [-0.4, -0.2) is 16.3 Å².